The number of hydrogen-bond donors (Lipinski definition) is 2. The molecule has 3 rings (SSSR count). The van der Waals surface area contributed by atoms with Gasteiger partial charge in [0.1, 0.15) is 19.3 Å². The van der Waals surface area contributed by atoms with Gasteiger partial charge in [0.15, 0.2) is 0 Å². The monoisotopic (exact) mass is 602 g/mol. The first-order chi connectivity index (χ1) is 18.8. The number of allylic oxidation sites excluding steroid dienone is 5. The van der Waals surface area contributed by atoms with Crippen molar-refractivity contribution >= 4 is 0 Å². The minimum absolute atomic E-state index is 0.0353. The highest BCUT2D eigenvalue weighted by Crippen LogP contribution is 2.37. The summed E-state index contributed by atoms with van der Waals surface area (Å²) in [5.74, 6) is 0. The van der Waals surface area contributed by atoms with Crippen molar-refractivity contribution in [1.29, 1.82) is 0 Å². The Hall–Kier alpha value is -3.52. The Labute approximate surface area is 225 Å². The summed E-state index contributed by atoms with van der Waals surface area (Å²) in [4.78, 5) is 0.424. The Morgan fingerprint density at radius 1 is 0.683 bits per heavy atom. The van der Waals surface area contributed by atoms with E-state index in [1.54, 1.807) is 25.3 Å². The molecule has 0 aromatic heterocycles. The van der Waals surface area contributed by atoms with Crippen LogP contribution in [0.15, 0.2) is 84.4 Å². The molecular weight excluding hydrogens is 580 g/mol. The van der Waals surface area contributed by atoms with Crippen LogP contribution >= 0.6 is 0 Å². The molecule has 1 atom stereocenters. The second kappa shape index (κ2) is 11.8. The smallest absolute Gasteiger partial charge is 0.316 e. The number of halogens is 12. The van der Waals surface area contributed by atoms with E-state index >= 15 is 0 Å². The highest BCUT2D eigenvalue weighted by atomic mass is 19.4. The summed E-state index contributed by atoms with van der Waals surface area (Å²) < 4.78 is 157. The van der Waals surface area contributed by atoms with Crippen LogP contribution in [-0.2, 0) is 37.8 Å². The summed E-state index contributed by atoms with van der Waals surface area (Å²) >= 11 is 0. The first-order valence-corrected chi connectivity index (χ1v) is 11.8. The first-order valence-electron chi connectivity index (χ1n) is 11.8. The van der Waals surface area contributed by atoms with E-state index in [1.807, 2.05) is 0 Å². The Morgan fingerprint density at radius 2 is 1.12 bits per heavy atom. The third-order valence-corrected chi connectivity index (χ3v) is 5.93. The molecule has 1 unspecified atom stereocenters. The quantitative estimate of drug-likeness (QED) is 0.258. The van der Waals surface area contributed by atoms with Gasteiger partial charge >= 0.3 is 24.7 Å². The number of nitrogens with two attached hydrogens (primary N) is 1. The molecule has 0 spiro atoms. The normalized spacial score (nSPS) is 17.0. The van der Waals surface area contributed by atoms with Gasteiger partial charge in [-0.2, -0.15) is 52.7 Å². The van der Waals surface area contributed by atoms with E-state index in [9.17, 15) is 52.7 Å². The Balaban J connectivity index is 1.72. The maximum Gasteiger partial charge on any atom is 0.416 e. The summed E-state index contributed by atoms with van der Waals surface area (Å²) in [6.45, 7) is 1.16. The van der Waals surface area contributed by atoms with Gasteiger partial charge in [-0.05, 0) is 55.0 Å². The third-order valence-electron chi connectivity index (χ3n) is 5.93. The fraction of sp³-hybridized carbons (Fsp3) is 0.259. The van der Waals surface area contributed by atoms with Gasteiger partial charge in [-0.15, -0.1) is 0 Å². The largest absolute Gasteiger partial charge is 0.416 e. The number of nitrogens with one attached hydrogen (secondary N) is 1. The molecule has 1 heterocycles. The lowest BCUT2D eigenvalue weighted by Gasteiger charge is -2.15. The van der Waals surface area contributed by atoms with Crippen LogP contribution < -0.4 is 10.2 Å². The predicted molar refractivity (Wildman–Crippen MR) is 123 cm³/mol. The van der Waals surface area contributed by atoms with Gasteiger partial charge in [0, 0.05) is 22.8 Å². The van der Waals surface area contributed by atoms with Crippen LogP contribution in [0.2, 0.25) is 0 Å². The highest BCUT2D eigenvalue weighted by molar-refractivity contribution is 5.45. The van der Waals surface area contributed by atoms with E-state index in [0.717, 1.165) is 0 Å². The summed E-state index contributed by atoms with van der Waals surface area (Å²) in [7, 11) is 0. The number of benzene rings is 2. The molecule has 0 radical (unpaired) electrons. The van der Waals surface area contributed by atoms with Crippen molar-refractivity contribution in [3.63, 3.8) is 0 Å². The van der Waals surface area contributed by atoms with Gasteiger partial charge in [0.25, 0.3) is 0 Å². The van der Waals surface area contributed by atoms with E-state index in [2.05, 4.69) is 0 Å². The number of alkyl halides is 12. The zero-order valence-electron chi connectivity index (χ0n) is 21.0. The van der Waals surface area contributed by atoms with Crippen molar-refractivity contribution in [2.24, 2.45) is 0 Å². The van der Waals surface area contributed by atoms with E-state index in [1.165, 1.54) is 23.8 Å². The van der Waals surface area contributed by atoms with Crippen molar-refractivity contribution < 1.29 is 62.9 Å². The van der Waals surface area contributed by atoms with Crippen LogP contribution in [0.3, 0.4) is 0 Å². The molecule has 222 valence electrons. The van der Waals surface area contributed by atoms with Crippen LogP contribution in [-0.4, -0.2) is 0 Å². The summed E-state index contributed by atoms with van der Waals surface area (Å²) in [6.07, 6.45) is -10.7. The summed E-state index contributed by atoms with van der Waals surface area (Å²) in [5.41, 5.74) is -5.03. The third kappa shape index (κ3) is 8.73. The van der Waals surface area contributed by atoms with E-state index in [-0.39, 0.29) is 36.3 Å². The van der Waals surface area contributed by atoms with Gasteiger partial charge in [-0.3, -0.25) is 4.90 Å². The predicted octanol–water partition coefficient (Wildman–Crippen LogP) is 6.78. The molecule has 1 aliphatic heterocycles. The minimum Gasteiger partial charge on any atom is -0.316 e. The lowest BCUT2D eigenvalue weighted by molar-refractivity contribution is -0.803. The van der Waals surface area contributed by atoms with Crippen molar-refractivity contribution in [3.8, 4) is 0 Å². The molecule has 0 saturated carbocycles. The van der Waals surface area contributed by atoms with Crippen LogP contribution in [0.5, 0.6) is 0 Å². The Kier molecular flexibility index (Phi) is 9.18. The molecule has 0 saturated heterocycles. The molecule has 0 amide bonds. The summed E-state index contributed by atoms with van der Waals surface area (Å²) in [5, 5.41) is 1.35. The average Bonchev–Trinajstić information content (AvgIpc) is 3.29. The lowest BCUT2D eigenvalue weighted by atomic mass is 10.0. The van der Waals surface area contributed by atoms with Crippen LogP contribution in [0.4, 0.5) is 52.7 Å². The van der Waals surface area contributed by atoms with E-state index < -0.39 is 47.0 Å². The number of quaternary nitrogens is 2. The number of hydrogen-bond acceptors (Lipinski definition) is 0. The maximum atomic E-state index is 13.1. The van der Waals surface area contributed by atoms with Gasteiger partial charge in [-0.25, -0.2) is 0 Å². The van der Waals surface area contributed by atoms with Crippen LogP contribution in [0.1, 0.15) is 40.3 Å². The molecule has 14 heteroatoms. The standard InChI is InChI=1S/C27H20F12N2/c1-2-18(3-5-40-13-16-7-20(24(28,29)30)11-21(8-16)25(31,32)33)19-4-6-41(15-19)14-17-9-22(26(34,35)36)12-23(10-17)27(37,38)39/h2-12,15,40H,13-14H2,1H3/p+2/b5-3-,18-2+. The molecule has 3 N–H and O–H groups in total. The van der Waals surface area contributed by atoms with Crippen LogP contribution in [0, 0.1) is 0 Å². The second-order valence-electron chi connectivity index (χ2n) is 9.06. The van der Waals surface area contributed by atoms with Crippen molar-refractivity contribution in [1.82, 2.24) is 0 Å². The van der Waals surface area contributed by atoms with Crippen molar-refractivity contribution in [2.45, 2.75) is 44.7 Å². The van der Waals surface area contributed by atoms with Gasteiger partial charge in [0.2, 0.25) is 0 Å². The van der Waals surface area contributed by atoms with Gasteiger partial charge in [0.05, 0.1) is 34.7 Å². The fourth-order valence-corrected chi connectivity index (χ4v) is 4.01. The SMILES string of the molecule is C/C=C(\C=C/[NH2+]Cc1cc(C(F)(F)F)cc(C(F)(F)F)c1)C1=C[NH+](Cc2cc(C(F)(F)F)cc(C(F)(F)F)c2)C=C1. The fourth-order valence-electron chi connectivity index (χ4n) is 4.01. The lowest BCUT2D eigenvalue weighted by Crippen LogP contribution is -3.00. The van der Waals surface area contributed by atoms with Crippen molar-refractivity contribution in [3.05, 3.63) is 118 Å². The molecule has 0 fully saturated rings. The molecule has 2 nitrogen and oxygen atoms in total. The molecule has 0 aliphatic carbocycles. The Morgan fingerprint density at radius 3 is 1.54 bits per heavy atom. The average molecular weight is 602 g/mol. The zero-order valence-corrected chi connectivity index (χ0v) is 21.0. The topological polar surface area (TPSA) is 21.1 Å². The van der Waals surface area contributed by atoms with Gasteiger partial charge in [-0.1, -0.05) is 6.08 Å². The van der Waals surface area contributed by atoms with E-state index in [0.29, 0.717) is 40.3 Å². The molecule has 2 aromatic carbocycles. The zero-order chi connectivity index (χ0) is 30.8. The molecule has 2 aromatic rings. The number of rotatable bonds is 7. The first kappa shape index (κ1) is 32.0. The summed E-state index contributed by atoms with van der Waals surface area (Å²) in [6, 6.07) is 2.61. The van der Waals surface area contributed by atoms with E-state index in [4.69, 9.17) is 0 Å². The maximum absolute atomic E-state index is 13.1. The molecule has 1 aliphatic rings. The highest BCUT2D eigenvalue weighted by Gasteiger charge is 2.38. The minimum atomic E-state index is -4.98. The second-order valence-corrected chi connectivity index (χ2v) is 9.06. The van der Waals surface area contributed by atoms with Crippen LogP contribution in [0.25, 0.3) is 0 Å². The molecular formula is C27H22F12N2+2. The molecule has 41 heavy (non-hydrogen) atoms. The Bertz CT molecular complexity index is 1310. The van der Waals surface area contributed by atoms with Gasteiger partial charge < -0.3 is 5.32 Å². The van der Waals surface area contributed by atoms with Crippen molar-refractivity contribution in [2.75, 3.05) is 0 Å². The molecule has 0 bridgehead atoms.